The first-order chi connectivity index (χ1) is 16.7. The summed E-state index contributed by atoms with van der Waals surface area (Å²) >= 11 is 12.5. The van der Waals surface area contributed by atoms with E-state index in [1.807, 2.05) is 24.3 Å². The van der Waals surface area contributed by atoms with Gasteiger partial charge in [-0.05, 0) is 54.2 Å². The number of carbonyl (C=O) groups is 3. The molecule has 2 N–H and O–H groups in total. The van der Waals surface area contributed by atoms with E-state index in [1.165, 1.54) is 6.92 Å². The van der Waals surface area contributed by atoms with Crippen molar-refractivity contribution < 1.29 is 19.1 Å². The lowest BCUT2D eigenvalue weighted by atomic mass is 9.89. The predicted molar refractivity (Wildman–Crippen MR) is 133 cm³/mol. The van der Waals surface area contributed by atoms with Crippen molar-refractivity contribution in [2.45, 2.75) is 50.5 Å². The molecule has 1 heterocycles. The summed E-state index contributed by atoms with van der Waals surface area (Å²) in [4.78, 5) is 40.9. The van der Waals surface area contributed by atoms with Gasteiger partial charge in [0, 0.05) is 23.4 Å². The molecule has 1 saturated heterocycles. The van der Waals surface area contributed by atoms with Gasteiger partial charge in [-0.15, -0.1) is 6.58 Å². The average molecular weight is 516 g/mol. The first-order valence-corrected chi connectivity index (χ1v) is 12.2. The Balaban J connectivity index is 1.89. The SMILES string of the molecule is C=CC[C@@H]1O[C@@H](c2cccc(Cl)c2)[C@@H](c2ccc(Cl)cc2)N(C(C(=O)N(N)C(C)=O)C2CC2)C1=O. The van der Waals surface area contributed by atoms with E-state index in [1.54, 1.807) is 35.2 Å². The Hall–Kier alpha value is -2.71. The van der Waals surface area contributed by atoms with Crippen LogP contribution in [-0.4, -0.2) is 39.8 Å². The van der Waals surface area contributed by atoms with Crippen molar-refractivity contribution in [1.29, 1.82) is 0 Å². The lowest BCUT2D eigenvalue weighted by Crippen LogP contribution is -2.61. The van der Waals surface area contributed by atoms with Gasteiger partial charge in [-0.25, -0.2) is 10.9 Å². The van der Waals surface area contributed by atoms with E-state index in [2.05, 4.69) is 6.58 Å². The summed E-state index contributed by atoms with van der Waals surface area (Å²) in [6.07, 6.45) is 1.84. The number of ether oxygens (including phenoxy) is 1. The van der Waals surface area contributed by atoms with Crippen molar-refractivity contribution in [3.05, 3.63) is 82.4 Å². The molecule has 184 valence electrons. The smallest absolute Gasteiger partial charge is 0.266 e. The molecular weight excluding hydrogens is 489 g/mol. The van der Waals surface area contributed by atoms with Gasteiger partial charge in [0.15, 0.2) is 0 Å². The van der Waals surface area contributed by atoms with Crippen molar-refractivity contribution in [3.63, 3.8) is 0 Å². The van der Waals surface area contributed by atoms with Crippen molar-refractivity contribution in [2.24, 2.45) is 11.8 Å². The summed E-state index contributed by atoms with van der Waals surface area (Å²) in [7, 11) is 0. The highest BCUT2D eigenvalue weighted by Gasteiger charge is 2.53. The number of amides is 3. The standard InChI is InChI=1S/C26H27Cl2N3O4/c1-3-5-21-25(33)30(23(17-8-9-17)26(34)31(29)15(2)32)22(16-10-12-19(27)13-11-16)24(35-21)18-6-4-7-20(28)14-18/h3-4,6-7,10-14,17,21-24H,1,5,8-9,29H2,2H3/t21-,22+,23?,24-/m0/s1. The Kier molecular flexibility index (Phi) is 7.62. The fraction of sp³-hybridized carbons (Fsp3) is 0.346. The van der Waals surface area contributed by atoms with Crippen LogP contribution in [0.3, 0.4) is 0 Å². The summed E-state index contributed by atoms with van der Waals surface area (Å²) < 4.78 is 6.37. The number of benzene rings is 2. The molecule has 4 rings (SSSR count). The number of nitrogens with two attached hydrogens (primary N) is 1. The molecule has 1 aliphatic carbocycles. The second-order valence-corrected chi connectivity index (χ2v) is 9.75. The van der Waals surface area contributed by atoms with Crippen LogP contribution in [0.15, 0.2) is 61.2 Å². The molecule has 1 aliphatic heterocycles. The predicted octanol–water partition coefficient (Wildman–Crippen LogP) is 4.61. The van der Waals surface area contributed by atoms with E-state index in [0.717, 1.165) is 24.0 Å². The zero-order valence-corrected chi connectivity index (χ0v) is 20.8. The van der Waals surface area contributed by atoms with Crippen molar-refractivity contribution in [1.82, 2.24) is 9.91 Å². The first kappa shape index (κ1) is 25.4. The highest BCUT2D eigenvalue weighted by atomic mass is 35.5. The molecule has 9 heteroatoms. The number of morpholine rings is 1. The van der Waals surface area contributed by atoms with E-state index in [4.69, 9.17) is 33.8 Å². The number of hydrogen-bond acceptors (Lipinski definition) is 5. The molecule has 0 bridgehead atoms. The summed E-state index contributed by atoms with van der Waals surface area (Å²) in [5.74, 6) is 4.17. The average Bonchev–Trinajstić information content (AvgIpc) is 3.66. The molecule has 0 spiro atoms. The lowest BCUT2D eigenvalue weighted by molar-refractivity contribution is -0.184. The van der Waals surface area contributed by atoms with Gasteiger partial charge in [-0.3, -0.25) is 14.4 Å². The minimum Gasteiger partial charge on any atom is -0.358 e. The first-order valence-electron chi connectivity index (χ1n) is 11.4. The molecule has 0 aromatic heterocycles. The number of nitrogens with zero attached hydrogens (tertiary/aromatic N) is 2. The fourth-order valence-corrected chi connectivity index (χ4v) is 4.90. The van der Waals surface area contributed by atoms with E-state index >= 15 is 0 Å². The molecule has 1 saturated carbocycles. The minimum absolute atomic E-state index is 0.117. The van der Waals surface area contributed by atoms with E-state index in [-0.39, 0.29) is 18.2 Å². The summed E-state index contributed by atoms with van der Waals surface area (Å²) in [5.41, 5.74) is 1.48. The molecule has 2 aromatic carbocycles. The third-order valence-corrected chi connectivity index (χ3v) is 6.88. The Morgan fingerprint density at radius 1 is 1.17 bits per heavy atom. The van der Waals surface area contributed by atoms with Crippen LogP contribution < -0.4 is 5.84 Å². The van der Waals surface area contributed by atoms with Gasteiger partial charge in [0.2, 0.25) is 5.91 Å². The van der Waals surface area contributed by atoms with E-state index in [0.29, 0.717) is 15.1 Å². The maximum absolute atomic E-state index is 13.9. The molecule has 2 aromatic rings. The largest absolute Gasteiger partial charge is 0.358 e. The number of hydrazine groups is 1. The zero-order chi connectivity index (χ0) is 25.3. The van der Waals surface area contributed by atoms with E-state index < -0.39 is 36.1 Å². The summed E-state index contributed by atoms with van der Waals surface area (Å²) in [5, 5.41) is 1.65. The monoisotopic (exact) mass is 515 g/mol. The number of carbonyl (C=O) groups excluding carboxylic acids is 3. The van der Waals surface area contributed by atoms with Crippen LogP contribution in [0.1, 0.15) is 49.5 Å². The van der Waals surface area contributed by atoms with Gasteiger partial charge in [-0.1, -0.05) is 53.5 Å². The van der Waals surface area contributed by atoms with Crippen LogP contribution >= 0.6 is 23.2 Å². The van der Waals surface area contributed by atoms with Gasteiger partial charge in [-0.2, -0.15) is 0 Å². The molecule has 35 heavy (non-hydrogen) atoms. The Labute approximate surface area is 214 Å². The summed E-state index contributed by atoms with van der Waals surface area (Å²) in [6, 6.07) is 12.7. The van der Waals surface area contributed by atoms with Gasteiger partial charge in [0.1, 0.15) is 18.2 Å². The molecular formula is C26H27Cl2N3O4. The maximum Gasteiger partial charge on any atom is 0.266 e. The lowest BCUT2D eigenvalue weighted by Gasteiger charge is -2.48. The van der Waals surface area contributed by atoms with Gasteiger partial charge in [0.25, 0.3) is 11.8 Å². The molecule has 1 unspecified atom stereocenters. The van der Waals surface area contributed by atoms with Gasteiger partial charge < -0.3 is 9.64 Å². The molecule has 3 amide bonds. The number of hydrogen-bond donors (Lipinski definition) is 1. The molecule has 2 fully saturated rings. The Morgan fingerprint density at radius 3 is 2.43 bits per heavy atom. The van der Waals surface area contributed by atoms with Crippen LogP contribution in [0.4, 0.5) is 0 Å². The van der Waals surface area contributed by atoms with Gasteiger partial charge in [0.05, 0.1) is 6.04 Å². The van der Waals surface area contributed by atoms with E-state index in [9.17, 15) is 14.4 Å². The van der Waals surface area contributed by atoms with Crippen LogP contribution in [0.2, 0.25) is 10.0 Å². The highest BCUT2D eigenvalue weighted by molar-refractivity contribution is 6.30. The molecule has 0 radical (unpaired) electrons. The van der Waals surface area contributed by atoms with Crippen LogP contribution in [0.25, 0.3) is 0 Å². The van der Waals surface area contributed by atoms with Crippen molar-refractivity contribution in [2.75, 3.05) is 0 Å². The third-order valence-electron chi connectivity index (χ3n) is 6.39. The molecule has 2 aliphatic rings. The molecule has 7 nitrogen and oxygen atoms in total. The Morgan fingerprint density at radius 2 is 1.86 bits per heavy atom. The summed E-state index contributed by atoms with van der Waals surface area (Å²) in [6.45, 7) is 4.98. The Bertz CT molecular complexity index is 1140. The third kappa shape index (κ3) is 5.28. The topological polar surface area (TPSA) is 92.9 Å². The van der Waals surface area contributed by atoms with Crippen LogP contribution in [0, 0.1) is 5.92 Å². The number of rotatable bonds is 7. The zero-order valence-electron chi connectivity index (χ0n) is 19.3. The van der Waals surface area contributed by atoms with Gasteiger partial charge >= 0.3 is 0 Å². The normalized spacial score (nSPS) is 23.0. The second kappa shape index (κ2) is 10.5. The molecule has 4 atom stereocenters. The van der Waals surface area contributed by atoms with Crippen LogP contribution in [0.5, 0.6) is 0 Å². The highest BCUT2D eigenvalue weighted by Crippen LogP contribution is 2.48. The van der Waals surface area contributed by atoms with Crippen molar-refractivity contribution >= 4 is 40.9 Å². The van der Waals surface area contributed by atoms with Crippen molar-refractivity contribution in [3.8, 4) is 0 Å². The number of halogens is 2. The second-order valence-electron chi connectivity index (χ2n) is 8.88. The minimum atomic E-state index is -0.921. The van der Waals surface area contributed by atoms with Crippen LogP contribution in [-0.2, 0) is 19.1 Å². The maximum atomic E-state index is 13.9. The quantitative estimate of drug-likeness (QED) is 0.251. The number of imide groups is 1. The fourth-order valence-electron chi connectivity index (χ4n) is 4.57.